The van der Waals surface area contributed by atoms with Crippen molar-refractivity contribution in [3.63, 3.8) is 0 Å². The van der Waals surface area contributed by atoms with E-state index < -0.39 is 0 Å². The number of rotatable bonds is 6. The molecule has 0 aliphatic heterocycles. The normalized spacial score (nSPS) is 10.3. The minimum absolute atomic E-state index is 0.327. The fourth-order valence-corrected chi connectivity index (χ4v) is 1.71. The molecule has 0 unspecified atom stereocenters. The Balaban J connectivity index is 2.12. The SMILES string of the molecule is CCCCN(C)c1nncc(Nc2ccccc2F)n1. The molecule has 6 heteroatoms. The predicted octanol–water partition coefficient (Wildman–Crippen LogP) is 2.99. The molecular formula is C14H18FN5. The van der Waals surface area contributed by atoms with Crippen molar-refractivity contribution < 1.29 is 4.39 Å². The molecule has 2 rings (SSSR count). The fraction of sp³-hybridized carbons (Fsp3) is 0.357. The van der Waals surface area contributed by atoms with Crippen molar-refractivity contribution in [3.05, 3.63) is 36.3 Å². The van der Waals surface area contributed by atoms with E-state index in [1.165, 1.54) is 12.3 Å². The van der Waals surface area contributed by atoms with Crippen molar-refractivity contribution in [2.75, 3.05) is 23.8 Å². The lowest BCUT2D eigenvalue weighted by Gasteiger charge is -2.16. The smallest absolute Gasteiger partial charge is 0.247 e. The van der Waals surface area contributed by atoms with Crippen molar-refractivity contribution in [2.24, 2.45) is 0 Å². The number of unbranched alkanes of at least 4 members (excludes halogenated alkanes) is 1. The van der Waals surface area contributed by atoms with Crippen LogP contribution < -0.4 is 10.2 Å². The van der Waals surface area contributed by atoms with Crippen LogP contribution in [0.2, 0.25) is 0 Å². The zero-order chi connectivity index (χ0) is 14.4. The summed E-state index contributed by atoms with van der Waals surface area (Å²) in [5.41, 5.74) is 0.371. The molecule has 0 fully saturated rings. The second-order valence-corrected chi connectivity index (χ2v) is 4.52. The maximum atomic E-state index is 13.6. The van der Waals surface area contributed by atoms with E-state index in [1.54, 1.807) is 18.2 Å². The van der Waals surface area contributed by atoms with E-state index in [2.05, 4.69) is 27.4 Å². The van der Waals surface area contributed by atoms with Gasteiger partial charge in [0.25, 0.3) is 0 Å². The highest BCUT2D eigenvalue weighted by Gasteiger charge is 2.07. The summed E-state index contributed by atoms with van der Waals surface area (Å²) in [5.74, 6) is 0.676. The molecule has 2 aromatic rings. The van der Waals surface area contributed by atoms with E-state index in [1.807, 2.05) is 11.9 Å². The first-order valence-electron chi connectivity index (χ1n) is 6.63. The standard InChI is InChI=1S/C14H18FN5/c1-3-4-9-20(2)14-18-13(10-16-19-14)17-12-8-6-5-7-11(12)15/h5-8,10H,3-4,9H2,1-2H3,(H,17,18,19). The topological polar surface area (TPSA) is 53.9 Å². The van der Waals surface area contributed by atoms with E-state index in [0.717, 1.165) is 19.4 Å². The molecule has 0 amide bonds. The molecule has 0 aliphatic rings. The maximum Gasteiger partial charge on any atom is 0.247 e. The average Bonchev–Trinajstić information content (AvgIpc) is 2.47. The Morgan fingerprint density at radius 3 is 2.85 bits per heavy atom. The third-order valence-electron chi connectivity index (χ3n) is 2.87. The molecule has 0 saturated heterocycles. The zero-order valence-electron chi connectivity index (χ0n) is 11.7. The van der Waals surface area contributed by atoms with Gasteiger partial charge in [-0.15, -0.1) is 5.10 Å². The monoisotopic (exact) mass is 275 g/mol. The van der Waals surface area contributed by atoms with Gasteiger partial charge >= 0.3 is 0 Å². The molecule has 1 heterocycles. The van der Waals surface area contributed by atoms with Crippen LogP contribution in [0.25, 0.3) is 0 Å². The van der Waals surface area contributed by atoms with Crippen LogP contribution in [-0.4, -0.2) is 28.8 Å². The van der Waals surface area contributed by atoms with Crippen LogP contribution in [0.15, 0.2) is 30.5 Å². The minimum atomic E-state index is -0.327. The molecule has 5 nitrogen and oxygen atoms in total. The maximum absolute atomic E-state index is 13.6. The Bertz CT molecular complexity index is 561. The fourth-order valence-electron chi connectivity index (χ4n) is 1.71. The van der Waals surface area contributed by atoms with Gasteiger partial charge in [-0.3, -0.25) is 0 Å². The Labute approximate surface area is 117 Å². The number of halogens is 1. The van der Waals surface area contributed by atoms with Crippen LogP contribution in [-0.2, 0) is 0 Å². The molecule has 0 saturated carbocycles. The largest absolute Gasteiger partial charge is 0.343 e. The Morgan fingerprint density at radius 2 is 2.10 bits per heavy atom. The number of hydrogen-bond donors (Lipinski definition) is 1. The van der Waals surface area contributed by atoms with Crippen LogP contribution in [0.3, 0.4) is 0 Å². The van der Waals surface area contributed by atoms with Crippen LogP contribution in [0, 0.1) is 5.82 Å². The zero-order valence-corrected chi connectivity index (χ0v) is 11.7. The molecule has 106 valence electrons. The first-order valence-corrected chi connectivity index (χ1v) is 6.63. The van der Waals surface area contributed by atoms with Gasteiger partial charge in [0.1, 0.15) is 5.82 Å². The van der Waals surface area contributed by atoms with Crippen LogP contribution in [0.4, 0.5) is 21.8 Å². The van der Waals surface area contributed by atoms with Gasteiger partial charge in [0.15, 0.2) is 5.82 Å². The van der Waals surface area contributed by atoms with Crippen molar-refractivity contribution >= 4 is 17.5 Å². The van der Waals surface area contributed by atoms with Crippen molar-refractivity contribution in [1.82, 2.24) is 15.2 Å². The van der Waals surface area contributed by atoms with Crippen LogP contribution >= 0.6 is 0 Å². The number of benzene rings is 1. The molecular weight excluding hydrogens is 257 g/mol. The molecule has 1 aromatic heterocycles. The summed E-state index contributed by atoms with van der Waals surface area (Å²) in [5, 5.41) is 10.8. The van der Waals surface area contributed by atoms with Gasteiger partial charge in [0.05, 0.1) is 11.9 Å². The van der Waals surface area contributed by atoms with E-state index in [0.29, 0.717) is 17.5 Å². The van der Waals surface area contributed by atoms with E-state index in [4.69, 9.17) is 0 Å². The highest BCUT2D eigenvalue weighted by Crippen LogP contribution is 2.18. The number of hydrogen-bond acceptors (Lipinski definition) is 5. The van der Waals surface area contributed by atoms with Gasteiger partial charge < -0.3 is 10.2 Å². The summed E-state index contributed by atoms with van der Waals surface area (Å²) < 4.78 is 13.6. The lowest BCUT2D eigenvalue weighted by Crippen LogP contribution is -2.21. The van der Waals surface area contributed by atoms with Crippen molar-refractivity contribution in [1.29, 1.82) is 0 Å². The molecule has 1 aromatic carbocycles. The summed E-state index contributed by atoms with van der Waals surface area (Å²) in [4.78, 5) is 6.27. The van der Waals surface area contributed by atoms with Crippen LogP contribution in [0.5, 0.6) is 0 Å². The summed E-state index contributed by atoms with van der Waals surface area (Å²) >= 11 is 0. The molecule has 0 bridgehead atoms. The lowest BCUT2D eigenvalue weighted by atomic mass is 10.3. The van der Waals surface area contributed by atoms with Crippen molar-refractivity contribution in [2.45, 2.75) is 19.8 Å². The summed E-state index contributed by atoms with van der Waals surface area (Å²) in [6.45, 7) is 2.99. The summed E-state index contributed by atoms with van der Waals surface area (Å²) in [6.07, 6.45) is 3.64. The molecule has 1 N–H and O–H groups in total. The van der Waals surface area contributed by atoms with E-state index in [9.17, 15) is 4.39 Å². The van der Waals surface area contributed by atoms with Gasteiger partial charge in [0, 0.05) is 13.6 Å². The Kier molecular flexibility index (Phi) is 4.81. The second-order valence-electron chi connectivity index (χ2n) is 4.52. The predicted molar refractivity (Wildman–Crippen MR) is 77.7 cm³/mol. The molecule has 20 heavy (non-hydrogen) atoms. The third kappa shape index (κ3) is 3.63. The van der Waals surface area contributed by atoms with Gasteiger partial charge in [0.2, 0.25) is 5.95 Å². The van der Waals surface area contributed by atoms with Crippen LogP contribution in [0.1, 0.15) is 19.8 Å². The highest BCUT2D eigenvalue weighted by atomic mass is 19.1. The van der Waals surface area contributed by atoms with Gasteiger partial charge in [-0.25, -0.2) is 4.39 Å². The summed E-state index contributed by atoms with van der Waals surface area (Å²) in [6, 6.07) is 6.44. The lowest BCUT2D eigenvalue weighted by molar-refractivity contribution is 0.631. The average molecular weight is 275 g/mol. The first-order chi connectivity index (χ1) is 9.70. The van der Waals surface area contributed by atoms with Gasteiger partial charge in [-0.1, -0.05) is 25.5 Å². The third-order valence-corrected chi connectivity index (χ3v) is 2.87. The molecule has 0 aliphatic carbocycles. The van der Waals surface area contributed by atoms with Gasteiger partial charge in [-0.05, 0) is 18.6 Å². The second kappa shape index (κ2) is 6.79. The number of aromatic nitrogens is 3. The van der Waals surface area contributed by atoms with Gasteiger partial charge in [-0.2, -0.15) is 10.1 Å². The number of anilines is 3. The number of para-hydroxylation sites is 1. The minimum Gasteiger partial charge on any atom is -0.343 e. The Morgan fingerprint density at radius 1 is 1.30 bits per heavy atom. The van der Waals surface area contributed by atoms with E-state index in [-0.39, 0.29) is 5.82 Å². The highest BCUT2D eigenvalue weighted by molar-refractivity contribution is 5.56. The molecule has 0 radical (unpaired) electrons. The quantitative estimate of drug-likeness (QED) is 0.878. The number of nitrogens with one attached hydrogen (secondary N) is 1. The first kappa shape index (κ1) is 14.2. The number of nitrogens with zero attached hydrogens (tertiary/aromatic N) is 4. The Hall–Kier alpha value is -2.24. The van der Waals surface area contributed by atoms with E-state index >= 15 is 0 Å². The molecule has 0 spiro atoms. The summed E-state index contributed by atoms with van der Waals surface area (Å²) in [7, 11) is 1.92. The van der Waals surface area contributed by atoms with Crippen molar-refractivity contribution in [3.8, 4) is 0 Å². The molecule has 0 atom stereocenters.